The number of fused-ring (bicyclic) bond motifs is 1. The molecule has 0 aliphatic heterocycles. The van der Waals surface area contributed by atoms with E-state index in [-0.39, 0.29) is 19.5 Å². The van der Waals surface area contributed by atoms with E-state index < -0.39 is 29.8 Å². The highest BCUT2D eigenvalue weighted by atomic mass is 16.5. The molecular weight excluding hydrogens is 390 g/mol. The quantitative estimate of drug-likeness (QED) is 0.574. The van der Waals surface area contributed by atoms with Crippen LogP contribution in [0.3, 0.4) is 0 Å². The summed E-state index contributed by atoms with van der Waals surface area (Å²) in [6.07, 6.45) is -1.31. The number of aromatic nitrogens is 1. The van der Waals surface area contributed by atoms with Gasteiger partial charge in [-0.05, 0) is 24.6 Å². The molecule has 0 aliphatic carbocycles. The van der Waals surface area contributed by atoms with Crippen molar-refractivity contribution in [1.29, 1.82) is 0 Å². The Morgan fingerprint density at radius 2 is 1.77 bits per heavy atom. The number of oxazole rings is 1. The molecule has 0 spiro atoms. The lowest BCUT2D eigenvalue weighted by molar-refractivity contribution is -0.154. The Labute approximate surface area is 171 Å². The molecule has 0 saturated carbocycles. The monoisotopic (exact) mass is 411 g/mol. The summed E-state index contributed by atoms with van der Waals surface area (Å²) in [5, 5.41) is 4.67. The molecule has 0 bridgehead atoms. The number of esters is 1. The van der Waals surface area contributed by atoms with E-state index in [9.17, 15) is 19.2 Å². The van der Waals surface area contributed by atoms with Crippen LogP contribution in [0.1, 0.15) is 18.9 Å². The standard InChI is InChI=1S/C21H21N3O6/c1-14(19(26)23-20(27)22-13-15-7-3-2-4-8-15)29-18(25)11-12-24-16-9-5-6-10-17(16)30-21(24)28/h2-10,14H,11-13H2,1H3,(H2,22,23,26,27)/t14-/m1/s1. The molecule has 1 aromatic heterocycles. The molecule has 3 rings (SSSR count). The van der Waals surface area contributed by atoms with Crippen molar-refractivity contribution < 1.29 is 23.5 Å². The molecule has 0 aliphatic rings. The zero-order valence-electron chi connectivity index (χ0n) is 16.3. The first-order valence-corrected chi connectivity index (χ1v) is 9.34. The lowest BCUT2D eigenvalue weighted by Gasteiger charge is -2.13. The molecular formula is C21H21N3O6. The number of nitrogens with one attached hydrogen (secondary N) is 2. The molecule has 0 saturated heterocycles. The zero-order chi connectivity index (χ0) is 21.5. The average molecular weight is 411 g/mol. The van der Waals surface area contributed by atoms with Crippen LogP contribution in [0, 0.1) is 0 Å². The maximum atomic E-state index is 12.0. The summed E-state index contributed by atoms with van der Waals surface area (Å²) in [4.78, 5) is 47.8. The molecule has 0 fully saturated rings. The first kappa shape index (κ1) is 20.8. The highest BCUT2D eigenvalue weighted by Crippen LogP contribution is 2.12. The maximum absolute atomic E-state index is 12.0. The fourth-order valence-corrected chi connectivity index (χ4v) is 2.77. The Bertz CT molecular complexity index is 1100. The third kappa shape index (κ3) is 5.34. The van der Waals surface area contributed by atoms with E-state index in [0.29, 0.717) is 11.1 Å². The maximum Gasteiger partial charge on any atom is 0.419 e. The van der Waals surface area contributed by atoms with Gasteiger partial charge >= 0.3 is 17.8 Å². The van der Waals surface area contributed by atoms with Gasteiger partial charge in [0.1, 0.15) is 0 Å². The fourth-order valence-electron chi connectivity index (χ4n) is 2.77. The molecule has 30 heavy (non-hydrogen) atoms. The van der Waals surface area contributed by atoms with Crippen LogP contribution < -0.4 is 16.4 Å². The normalized spacial score (nSPS) is 11.6. The first-order valence-electron chi connectivity index (χ1n) is 9.34. The lowest BCUT2D eigenvalue weighted by Crippen LogP contribution is -2.44. The molecule has 0 radical (unpaired) electrons. The molecule has 9 heteroatoms. The Morgan fingerprint density at radius 1 is 1.07 bits per heavy atom. The van der Waals surface area contributed by atoms with Crippen molar-refractivity contribution in [3.05, 3.63) is 70.7 Å². The summed E-state index contributed by atoms with van der Waals surface area (Å²) in [6.45, 7) is 1.65. The first-order chi connectivity index (χ1) is 14.4. The van der Waals surface area contributed by atoms with Gasteiger partial charge in [-0.2, -0.15) is 0 Å². The van der Waals surface area contributed by atoms with E-state index in [0.717, 1.165) is 5.56 Å². The summed E-state index contributed by atoms with van der Waals surface area (Å²) < 4.78 is 11.5. The van der Waals surface area contributed by atoms with Crippen molar-refractivity contribution in [2.75, 3.05) is 0 Å². The van der Waals surface area contributed by atoms with Crippen molar-refractivity contribution in [2.45, 2.75) is 32.5 Å². The molecule has 2 aromatic carbocycles. The smallest absolute Gasteiger partial charge is 0.419 e. The zero-order valence-corrected chi connectivity index (χ0v) is 16.3. The Hall–Kier alpha value is -3.88. The van der Waals surface area contributed by atoms with Crippen LogP contribution in [0.4, 0.5) is 4.79 Å². The number of amides is 3. The third-order valence-corrected chi connectivity index (χ3v) is 4.32. The summed E-state index contributed by atoms with van der Waals surface area (Å²) in [6, 6.07) is 15.3. The van der Waals surface area contributed by atoms with Gasteiger partial charge in [0.25, 0.3) is 5.91 Å². The third-order valence-electron chi connectivity index (χ3n) is 4.32. The molecule has 1 atom stereocenters. The summed E-state index contributed by atoms with van der Waals surface area (Å²) in [5.41, 5.74) is 1.86. The second-order valence-electron chi connectivity index (χ2n) is 6.53. The molecule has 0 unspecified atom stereocenters. The van der Waals surface area contributed by atoms with Crippen LogP contribution in [-0.2, 0) is 27.4 Å². The number of aryl methyl sites for hydroxylation is 1. The van der Waals surface area contributed by atoms with Crippen molar-refractivity contribution in [3.8, 4) is 0 Å². The number of carbonyl (C=O) groups excluding carboxylic acids is 3. The molecule has 3 amide bonds. The van der Waals surface area contributed by atoms with Gasteiger partial charge in [0.15, 0.2) is 11.7 Å². The largest absolute Gasteiger partial charge is 0.452 e. The SMILES string of the molecule is C[C@@H](OC(=O)CCn1c(=O)oc2ccccc21)C(=O)NC(=O)NCc1ccccc1. The molecule has 9 nitrogen and oxygen atoms in total. The number of rotatable bonds is 7. The number of hydrogen-bond acceptors (Lipinski definition) is 6. The van der Waals surface area contributed by atoms with Crippen LogP contribution in [0.2, 0.25) is 0 Å². The Kier molecular flexibility index (Phi) is 6.63. The fraction of sp³-hybridized carbons (Fsp3) is 0.238. The van der Waals surface area contributed by atoms with Crippen molar-refractivity contribution in [2.24, 2.45) is 0 Å². The number of para-hydroxylation sites is 2. The number of urea groups is 1. The molecule has 3 aromatic rings. The summed E-state index contributed by atoms with van der Waals surface area (Å²) in [5.74, 6) is -2.01. The Morgan fingerprint density at radius 3 is 2.53 bits per heavy atom. The second kappa shape index (κ2) is 9.55. The Balaban J connectivity index is 1.45. The topological polar surface area (TPSA) is 120 Å². The number of hydrogen-bond donors (Lipinski definition) is 2. The van der Waals surface area contributed by atoms with E-state index in [1.165, 1.54) is 11.5 Å². The summed E-state index contributed by atoms with van der Waals surface area (Å²) in [7, 11) is 0. The highest BCUT2D eigenvalue weighted by Gasteiger charge is 2.20. The van der Waals surface area contributed by atoms with Crippen molar-refractivity contribution in [3.63, 3.8) is 0 Å². The number of imide groups is 1. The van der Waals surface area contributed by atoms with Gasteiger partial charge < -0.3 is 14.5 Å². The molecule has 156 valence electrons. The lowest BCUT2D eigenvalue weighted by atomic mass is 10.2. The number of ether oxygens (including phenoxy) is 1. The average Bonchev–Trinajstić information content (AvgIpc) is 3.06. The van der Waals surface area contributed by atoms with E-state index in [1.54, 1.807) is 24.3 Å². The van der Waals surface area contributed by atoms with Crippen LogP contribution in [0.25, 0.3) is 11.1 Å². The minimum Gasteiger partial charge on any atom is -0.452 e. The van der Waals surface area contributed by atoms with Gasteiger partial charge in [-0.3, -0.25) is 19.5 Å². The number of carbonyl (C=O) groups is 3. The van der Waals surface area contributed by atoms with E-state index >= 15 is 0 Å². The minimum atomic E-state index is -1.17. The second-order valence-corrected chi connectivity index (χ2v) is 6.53. The van der Waals surface area contributed by atoms with Crippen LogP contribution >= 0.6 is 0 Å². The van der Waals surface area contributed by atoms with Gasteiger partial charge in [-0.1, -0.05) is 42.5 Å². The number of nitrogens with zero attached hydrogens (tertiary/aromatic N) is 1. The van der Waals surface area contributed by atoms with E-state index in [1.807, 2.05) is 30.3 Å². The van der Waals surface area contributed by atoms with Crippen LogP contribution in [0.15, 0.2) is 63.8 Å². The van der Waals surface area contributed by atoms with E-state index in [2.05, 4.69) is 10.6 Å². The number of benzene rings is 2. The van der Waals surface area contributed by atoms with Crippen molar-refractivity contribution in [1.82, 2.24) is 15.2 Å². The molecule has 2 N–H and O–H groups in total. The van der Waals surface area contributed by atoms with Gasteiger partial charge in [-0.15, -0.1) is 0 Å². The van der Waals surface area contributed by atoms with E-state index in [4.69, 9.17) is 9.15 Å². The highest BCUT2D eigenvalue weighted by molar-refractivity contribution is 5.97. The van der Waals surface area contributed by atoms with Gasteiger partial charge in [0, 0.05) is 13.1 Å². The van der Waals surface area contributed by atoms with Crippen LogP contribution in [0.5, 0.6) is 0 Å². The predicted molar refractivity (Wildman–Crippen MR) is 107 cm³/mol. The minimum absolute atomic E-state index is 0.0422. The van der Waals surface area contributed by atoms with Gasteiger partial charge in [0.05, 0.1) is 11.9 Å². The van der Waals surface area contributed by atoms with Crippen LogP contribution in [-0.4, -0.2) is 28.6 Å². The summed E-state index contributed by atoms with van der Waals surface area (Å²) >= 11 is 0. The van der Waals surface area contributed by atoms with Gasteiger partial charge in [0.2, 0.25) is 0 Å². The van der Waals surface area contributed by atoms with Crippen molar-refractivity contribution >= 4 is 29.0 Å². The van der Waals surface area contributed by atoms with Gasteiger partial charge in [-0.25, -0.2) is 9.59 Å². The predicted octanol–water partition coefficient (Wildman–Crippen LogP) is 1.94. The molecule has 1 heterocycles.